The van der Waals surface area contributed by atoms with Crippen LogP contribution in [0.1, 0.15) is 31.4 Å². The molecule has 0 saturated heterocycles. The fourth-order valence-electron chi connectivity index (χ4n) is 3.93. The Morgan fingerprint density at radius 1 is 1.38 bits per heavy atom. The number of carbonyl (C=O) groups is 1. The number of rotatable bonds is 7. The molecule has 1 fully saturated rings. The van der Waals surface area contributed by atoms with Gasteiger partial charge in [-0.15, -0.1) is 11.3 Å². The number of nitrogens with zero attached hydrogens (tertiary/aromatic N) is 2. The maximum atomic E-state index is 14.2. The average Bonchev–Trinajstić information content (AvgIpc) is 3.25. The molecule has 168 valence electrons. The molecule has 0 atom stereocenters. The third-order valence-electron chi connectivity index (χ3n) is 5.58. The Balaban J connectivity index is 1.47. The summed E-state index contributed by atoms with van der Waals surface area (Å²) in [6, 6.07) is 8.27. The first kappa shape index (κ1) is 22.9. The fourth-order valence-corrected chi connectivity index (χ4v) is 5.11. The number of hydrogen-bond acceptors (Lipinski definition) is 6. The van der Waals surface area contributed by atoms with E-state index in [1.165, 1.54) is 23.5 Å². The van der Waals surface area contributed by atoms with Gasteiger partial charge in [0, 0.05) is 28.2 Å². The van der Waals surface area contributed by atoms with E-state index in [0.29, 0.717) is 42.3 Å². The smallest absolute Gasteiger partial charge is 0.310 e. The minimum atomic E-state index is -0.959. The molecule has 0 radical (unpaired) electrons. The van der Waals surface area contributed by atoms with Crippen molar-refractivity contribution in [3.8, 4) is 5.75 Å². The van der Waals surface area contributed by atoms with Crippen LogP contribution in [0.3, 0.4) is 0 Å². The zero-order chi connectivity index (χ0) is 22.7. The summed E-state index contributed by atoms with van der Waals surface area (Å²) >= 11 is 10.8. The lowest BCUT2D eigenvalue weighted by molar-refractivity contribution is -0.152. The number of nitrogens with one attached hydrogen (secondary N) is 1. The Hall–Kier alpha value is -2.23. The lowest BCUT2D eigenvalue weighted by Crippen LogP contribution is -2.40. The Morgan fingerprint density at radius 2 is 2.16 bits per heavy atom. The minimum absolute atomic E-state index is 0.00100. The second-order valence-corrected chi connectivity index (χ2v) is 9.97. The van der Waals surface area contributed by atoms with Crippen LogP contribution in [0.4, 0.5) is 15.3 Å². The predicted octanol–water partition coefficient (Wildman–Crippen LogP) is 6.47. The molecule has 0 bridgehead atoms. The van der Waals surface area contributed by atoms with Crippen molar-refractivity contribution in [2.45, 2.75) is 38.2 Å². The Bertz CT molecular complexity index is 1110. The summed E-state index contributed by atoms with van der Waals surface area (Å²) in [5, 5.41) is 15.8. The fraction of sp³-hybridized carbons (Fsp3) is 0.318. The number of carboxylic acid groups (broad SMARTS) is 1. The quantitative estimate of drug-likeness (QED) is 0.357. The molecular weight excluding hydrogens is 521 g/mol. The average molecular weight is 541 g/mol. The van der Waals surface area contributed by atoms with E-state index in [1.807, 2.05) is 17.5 Å². The Kier molecular flexibility index (Phi) is 6.97. The molecule has 0 amide bonds. The van der Waals surface area contributed by atoms with Crippen molar-refractivity contribution in [3.63, 3.8) is 0 Å². The molecule has 0 aliphatic heterocycles. The number of halogens is 3. The second-order valence-electron chi connectivity index (χ2n) is 7.76. The first-order valence-corrected chi connectivity index (χ1v) is 12.1. The number of aliphatic carboxylic acids is 1. The summed E-state index contributed by atoms with van der Waals surface area (Å²) in [5.74, 6) is -0.765. The molecule has 1 aliphatic rings. The Morgan fingerprint density at radius 3 is 2.84 bits per heavy atom. The summed E-state index contributed by atoms with van der Waals surface area (Å²) in [4.78, 5) is 21.1. The van der Waals surface area contributed by atoms with Gasteiger partial charge in [-0.05, 0) is 49.9 Å². The van der Waals surface area contributed by atoms with Crippen molar-refractivity contribution >= 4 is 55.8 Å². The van der Waals surface area contributed by atoms with E-state index in [0.717, 1.165) is 4.47 Å². The van der Waals surface area contributed by atoms with E-state index >= 15 is 0 Å². The standard InChI is InChI=1S/C22H20BrClFN3O3S/c23-13-10-14(27-18(11-13)28-21-26-8-9-32-21)12-22(20(29)30)6-4-15(5-7-22)31-17-3-1-2-16(24)19(17)25/h1-3,8-11,15H,4-7,12H2,(H,29,30)(H,26,27,28)/t15-,22-. The van der Waals surface area contributed by atoms with Crippen molar-refractivity contribution < 1.29 is 19.0 Å². The molecule has 1 aliphatic carbocycles. The SMILES string of the molecule is O=C(O)[C@]1(Cc2cc(Br)cc(Nc3nccs3)n2)CC[C@@H](Oc2cccc(Cl)c2F)CC1. The molecule has 2 heterocycles. The lowest BCUT2D eigenvalue weighted by atomic mass is 9.70. The first-order chi connectivity index (χ1) is 15.3. The van der Waals surface area contributed by atoms with Gasteiger partial charge in [-0.1, -0.05) is 33.6 Å². The number of pyridine rings is 1. The highest BCUT2D eigenvalue weighted by atomic mass is 79.9. The van der Waals surface area contributed by atoms with E-state index in [1.54, 1.807) is 12.3 Å². The van der Waals surface area contributed by atoms with Crippen molar-refractivity contribution in [3.05, 3.63) is 62.9 Å². The van der Waals surface area contributed by atoms with Gasteiger partial charge in [0.05, 0.1) is 16.5 Å². The number of aromatic nitrogens is 2. The second kappa shape index (κ2) is 9.72. The van der Waals surface area contributed by atoms with Gasteiger partial charge >= 0.3 is 5.97 Å². The molecule has 2 aromatic heterocycles. The molecule has 2 N–H and O–H groups in total. The zero-order valence-electron chi connectivity index (χ0n) is 16.9. The van der Waals surface area contributed by atoms with Crippen molar-refractivity contribution in [2.24, 2.45) is 5.41 Å². The number of hydrogen-bond donors (Lipinski definition) is 2. The van der Waals surface area contributed by atoms with Crippen LogP contribution in [0.5, 0.6) is 5.75 Å². The Labute approximate surface area is 201 Å². The molecule has 10 heteroatoms. The monoisotopic (exact) mass is 539 g/mol. The summed E-state index contributed by atoms with van der Waals surface area (Å²) in [6.07, 6.45) is 3.51. The molecule has 4 rings (SSSR count). The van der Waals surface area contributed by atoms with Gasteiger partial charge in [0.25, 0.3) is 0 Å². The van der Waals surface area contributed by atoms with Gasteiger partial charge in [0.2, 0.25) is 0 Å². The van der Waals surface area contributed by atoms with E-state index in [-0.39, 0.29) is 23.3 Å². The van der Waals surface area contributed by atoms with E-state index in [2.05, 4.69) is 31.2 Å². The normalized spacial score (nSPS) is 20.7. The number of carboxylic acids is 1. The van der Waals surface area contributed by atoms with Gasteiger partial charge in [0.1, 0.15) is 5.82 Å². The van der Waals surface area contributed by atoms with Crippen LogP contribution in [0.15, 0.2) is 46.4 Å². The van der Waals surface area contributed by atoms with Crippen LogP contribution >= 0.6 is 38.9 Å². The summed E-state index contributed by atoms with van der Waals surface area (Å²) in [5.41, 5.74) is -0.292. The molecule has 3 aromatic rings. The highest BCUT2D eigenvalue weighted by Gasteiger charge is 2.43. The molecular formula is C22H20BrClFN3O3S. The van der Waals surface area contributed by atoms with E-state index in [9.17, 15) is 14.3 Å². The maximum absolute atomic E-state index is 14.2. The number of ether oxygens (including phenoxy) is 1. The summed E-state index contributed by atoms with van der Waals surface area (Å²) in [6.45, 7) is 0. The lowest BCUT2D eigenvalue weighted by Gasteiger charge is -2.36. The van der Waals surface area contributed by atoms with Gasteiger partial charge in [-0.25, -0.2) is 14.4 Å². The highest BCUT2D eigenvalue weighted by Crippen LogP contribution is 2.41. The first-order valence-electron chi connectivity index (χ1n) is 10.0. The summed E-state index contributed by atoms with van der Waals surface area (Å²) < 4.78 is 20.8. The topological polar surface area (TPSA) is 84.3 Å². The molecule has 1 saturated carbocycles. The largest absolute Gasteiger partial charge is 0.487 e. The summed E-state index contributed by atoms with van der Waals surface area (Å²) in [7, 11) is 0. The van der Waals surface area contributed by atoms with Crippen LogP contribution in [-0.4, -0.2) is 27.1 Å². The number of benzene rings is 1. The van der Waals surface area contributed by atoms with Crippen LogP contribution < -0.4 is 10.1 Å². The molecule has 1 aromatic carbocycles. The van der Waals surface area contributed by atoms with Crippen LogP contribution in [0, 0.1) is 11.2 Å². The minimum Gasteiger partial charge on any atom is -0.487 e. The molecule has 0 unspecified atom stereocenters. The molecule has 0 spiro atoms. The van der Waals surface area contributed by atoms with Gasteiger partial charge in [-0.2, -0.15) is 0 Å². The van der Waals surface area contributed by atoms with Crippen LogP contribution in [0.25, 0.3) is 0 Å². The van der Waals surface area contributed by atoms with Gasteiger partial charge in [-0.3, -0.25) is 4.79 Å². The molecule has 32 heavy (non-hydrogen) atoms. The predicted molar refractivity (Wildman–Crippen MR) is 125 cm³/mol. The number of anilines is 2. The number of thiazole rings is 1. The van der Waals surface area contributed by atoms with Crippen molar-refractivity contribution in [1.29, 1.82) is 0 Å². The third-order valence-corrected chi connectivity index (χ3v) is 7.02. The zero-order valence-corrected chi connectivity index (χ0v) is 20.0. The van der Waals surface area contributed by atoms with E-state index in [4.69, 9.17) is 16.3 Å². The van der Waals surface area contributed by atoms with Crippen molar-refractivity contribution in [1.82, 2.24) is 9.97 Å². The highest BCUT2D eigenvalue weighted by molar-refractivity contribution is 9.10. The third kappa shape index (κ3) is 5.22. The van der Waals surface area contributed by atoms with Crippen LogP contribution in [-0.2, 0) is 11.2 Å². The van der Waals surface area contributed by atoms with Gasteiger partial charge < -0.3 is 15.2 Å². The molecule has 6 nitrogen and oxygen atoms in total. The van der Waals surface area contributed by atoms with E-state index < -0.39 is 17.2 Å². The van der Waals surface area contributed by atoms with Gasteiger partial charge in [0.15, 0.2) is 16.7 Å². The van der Waals surface area contributed by atoms with Crippen LogP contribution in [0.2, 0.25) is 5.02 Å². The van der Waals surface area contributed by atoms with Crippen molar-refractivity contribution in [2.75, 3.05) is 5.32 Å². The maximum Gasteiger partial charge on any atom is 0.310 e.